The summed E-state index contributed by atoms with van der Waals surface area (Å²) in [6, 6.07) is 8.36. The third-order valence-corrected chi connectivity index (χ3v) is 6.91. The molecule has 0 bridgehead atoms. The average Bonchev–Trinajstić information content (AvgIpc) is 3.42. The fraction of sp³-hybridized carbons (Fsp3) is 0.500. The fourth-order valence-corrected chi connectivity index (χ4v) is 5.40. The van der Waals surface area contributed by atoms with Crippen LogP contribution >= 0.6 is 11.3 Å². The van der Waals surface area contributed by atoms with Gasteiger partial charge < -0.3 is 14.5 Å². The van der Waals surface area contributed by atoms with E-state index in [1.807, 2.05) is 22.5 Å². The summed E-state index contributed by atoms with van der Waals surface area (Å²) in [5, 5.41) is 3.08. The monoisotopic (exact) mass is 369 g/mol. The normalized spacial score (nSPS) is 24.5. The molecule has 1 spiro atoms. The number of carbonyl (C=O) groups excluding carboxylic acids is 1. The third kappa shape index (κ3) is 2.47. The summed E-state index contributed by atoms with van der Waals surface area (Å²) in [7, 11) is 0. The van der Waals surface area contributed by atoms with E-state index in [2.05, 4.69) is 28.1 Å². The predicted molar refractivity (Wildman–Crippen MR) is 103 cm³/mol. The van der Waals surface area contributed by atoms with Crippen molar-refractivity contribution in [2.45, 2.75) is 37.2 Å². The molecule has 3 aliphatic rings. The van der Waals surface area contributed by atoms with E-state index in [4.69, 9.17) is 4.74 Å². The number of ether oxygens (including phenoxy) is 1. The van der Waals surface area contributed by atoms with E-state index in [1.54, 1.807) is 11.3 Å². The summed E-state index contributed by atoms with van der Waals surface area (Å²) in [5.41, 5.74) is 1.93. The highest BCUT2D eigenvalue weighted by molar-refractivity contribution is 7.13. The zero-order valence-corrected chi connectivity index (χ0v) is 15.6. The van der Waals surface area contributed by atoms with Gasteiger partial charge in [0.1, 0.15) is 0 Å². The molecule has 26 heavy (non-hydrogen) atoms. The molecule has 2 fully saturated rings. The Morgan fingerprint density at radius 3 is 2.85 bits per heavy atom. The molecular weight excluding hydrogens is 346 g/mol. The van der Waals surface area contributed by atoms with Gasteiger partial charge >= 0.3 is 0 Å². The lowest BCUT2D eigenvalue weighted by atomic mass is 9.74. The summed E-state index contributed by atoms with van der Waals surface area (Å²) >= 11 is 1.67. The van der Waals surface area contributed by atoms with Crippen molar-refractivity contribution in [3.63, 3.8) is 0 Å². The van der Waals surface area contributed by atoms with E-state index in [0.717, 1.165) is 56.2 Å². The van der Waals surface area contributed by atoms with Crippen LogP contribution in [0, 0.1) is 0 Å². The van der Waals surface area contributed by atoms with Crippen LogP contribution in [0.25, 0.3) is 0 Å². The molecule has 0 N–H and O–H groups in total. The number of fused-ring (bicyclic) bond motifs is 2. The zero-order valence-electron chi connectivity index (χ0n) is 14.8. The highest BCUT2D eigenvalue weighted by Crippen LogP contribution is 2.48. The van der Waals surface area contributed by atoms with Crippen molar-refractivity contribution >= 4 is 28.1 Å². The first-order valence-electron chi connectivity index (χ1n) is 9.45. The van der Waals surface area contributed by atoms with Gasteiger partial charge in [-0.2, -0.15) is 0 Å². The third-order valence-electron chi connectivity index (χ3n) is 6.08. The Morgan fingerprint density at radius 2 is 2.12 bits per heavy atom. The Kier molecular flexibility index (Phi) is 3.98. The van der Waals surface area contributed by atoms with Crippen molar-refractivity contribution < 1.29 is 9.53 Å². The average molecular weight is 369 g/mol. The van der Waals surface area contributed by atoms with Crippen LogP contribution in [0.5, 0.6) is 0 Å². The number of para-hydroxylation sites is 1. The van der Waals surface area contributed by atoms with Gasteiger partial charge in [0.25, 0.3) is 0 Å². The molecule has 1 amide bonds. The van der Waals surface area contributed by atoms with Gasteiger partial charge in [0, 0.05) is 37.0 Å². The predicted octanol–water partition coefficient (Wildman–Crippen LogP) is 3.21. The van der Waals surface area contributed by atoms with Crippen LogP contribution in [-0.4, -0.2) is 43.2 Å². The number of amides is 1. The number of hydrogen-bond donors (Lipinski definition) is 0. The van der Waals surface area contributed by atoms with Crippen LogP contribution < -0.4 is 9.80 Å². The molecule has 0 aliphatic carbocycles. The molecule has 2 aromatic rings. The van der Waals surface area contributed by atoms with E-state index in [9.17, 15) is 4.79 Å². The summed E-state index contributed by atoms with van der Waals surface area (Å²) in [4.78, 5) is 22.3. The first kappa shape index (κ1) is 16.3. The lowest BCUT2D eigenvalue weighted by molar-refractivity contribution is -0.124. The molecule has 1 aromatic carbocycles. The van der Waals surface area contributed by atoms with Crippen molar-refractivity contribution in [1.29, 1.82) is 0 Å². The highest BCUT2D eigenvalue weighted by atomic mass is 32.1. The molecule has 1 atom stereocenters. The minimum Gasteiger partial charge on any atom is -0.376 e. The lowest BCUT2D eigenvalue weighted by Gasteiger charge is -2.38. The van der Waals surface area contributed by atoms with Crippen LogP contribution in [0.15, 0.2) is 35.8 Å². The standard InChI is InChI=1S/C20H23N3O2S/c24-18-20(7-10-22(11-8-20)19-21-9-13-26-19)16-5-1-2-6-17(16)23(18)14-15-4-3-12-25-15/h1-2,5-6,9,13,15H,3-4,7-8,10-12,14H2. The zero-order chi connectivity index (χ0) is 17.6. The first-order chi connectivity index (χ1) is 12.8. The second-order valence-corrected chi connectivity index (χ2v) is 8.32. The number of benzene rings is 1. The number of nitrogens with zero attached hydrogens (tertiary/aromatic N) is 3. The maximum atomic E-state index is 13.6. The van der Waals surface area contributed by atoms with E-state index in [0.29, 0.717) is 6.54 Å². The van der Waals surface area contributed by atoms with Gasteiger partial charge in [0.15, 0.2) is 5.13 Å². The molecule has 3 aliphatic heterocycles. The quantitative estimate of drug-likeness (QED) is 0.833. The molecule has 5 nitrogen and oxygen atoms in total. The molecule has 6 heteroatoms. The number of carbonyl (C=O) groups is 1. The molecule has 1 aromatic heterocycles. The largest absolute Gasteiger partial charge is 0.376 e. The Hall–Kier alpha value is -1.92. The van der Waals surface area contributed by atoms with Gasteiger partial charge in [0.05, 0.1) is 18.1 Å². The number of anilines is 2. The molecule has 0 saturated carbocycles. The van der Waals surface area contributed by atoms with Crippen LogP contribution in [0.3, 0.4) is 0 Å². The second kappa shape index (κ2) is 6.35. The Balaban J connectivity index is 1.43. The topological polar surface area (TPSA) is 45.7 Å². The number of piperidine rings is 1. The summed E-state index contributed by atoms with van der Waals surface area (Å²) in [5.74, 6) is 0.271. The second-order valence-electron chi connectivity index (χ2n) is 7.45. The lowest BCUT2D eigenvalue weighted by Crippen LogP contribution is -2.49. The minimum atomic E-state index is -0.372. The summed E-state index contributed by atoms with van der Waals surface area (Å²) in [6.07, 6.45) is 5.88. The van der Waals surface area contributed by atoms with Crippen molar-refractivity contribution in [2.75, 3.05) is 36.0 Å². The molecule has 1 unspecified atom stereocenters. The van der Waals surface area contributed by atoms with Crippen LogP contribution in [0.2, 0.25) is 0 Å². The molecule has 2 saturated heterocycles. The Labute approximate surface area is 157 Å². The SMILES string of the molecule is O=C1N(CC2CCCO2)c2ccccc2C12CCN(c1nccs1)CC2. The number of thiazole rings is 1. The highest BCUT2D eigenvalue weighted by Gasteiger charge is 2.52. The van der Waals surface area contributed by atoms with Gasteiger partial charge in [-0.1, -0.05) is 18.2 Å². The fourth-order valence-electron chi connectivity index (χ4n) is 4.70. The maximum absolute atomic E-state index is 13.6. The van der Waals surface area contributed by atoms with Gasteiger partial charge in [-0.25, -0.2) is 4.98 Å². The number of hydrogen-bond acceptors (Lipinski definition) is 5. The van der Waals surface area contributed by atoms with Crippen LogP contribution in [0.4, 0.5) is 10.8 Å². The van der Waals surface area contributed by atoms with Crippen LogP contribution in [0.1, 0.15) is 31.2 Å². The molecule has 136 valence electrons. The maximum Gasteiger partial charge on any atom is 0.237 e. The smallest absolute Gasteiger partial charge is 0.237 e. The van der Waals surface area contributed by atoms with E-state index < -0.39 is 0 Å². The molecular formula is C20H23N3O2S. The van der Waals surface area contributed by atoms with Gasteiger partial charge in [-0.05, 0) is 37.3 Å². The van der Waals surface area contributed by atoms with Gasteiger partial charge in [-0.15, -0.1) is 11.3 Å². The van der Waals surface area contributed by atoms with E-state index >= 15 is 0 Å². The van der Waals surface area contributed by atoms with Crippen LogP contribution in [-0.2, 0) is 14.9 Å². The Bertz CT molecular complexity index is 793. The van der Waals surface area contributed by atoms with E-state index in [1.165, 1.54) is 5.56 Å². The molecule has 0 radical (unpaired) electrons. The summed E-state index contributed by atoms with van der Waals surface area (Å²) < 4.78 is 5.81. The van der Waals surface area contributed by atoms with Crippen molar-refractivity contribution in [1.82, 2.24) is 4.98 Å². The number of aromatic nitrogens is 1. The minimum absolute atomic E-state index is 0.178. The molecule has 5 rings (SSSR count). The van der Waals surface area contributed by atoms with Gasteiger partial charge in [-0.3, -0.25) is 4.79 Å². The van der Waals surface area contributed by atoms with Crippen molar-refractivity contribution in [2.24, 2.45) is 0 Å². The first-order valence-corrected chi connectivity index (χ1v) is 10.3. The molecule has 4 heterocycles. The van der Waals surface area contributed by atoms with Crippen molar-refractivity contribution in [3.05, 3.63) is 41.4 Å². The number of rotatable bonds is 3. The Morgan fingerprint density at radius 1 is 1.27 bits per heavy atom. The van der Waals surface area contributed by atoms with E-state index in [-0.39, 0.29) is 17.4 Å². The van der Waals surface area contributed by atoms with Gasteiger partial charge in [0.2, 0.25) is 5.91 Å². The van der Waals surface area contributed by atoms with Crippen molar-refractivity contribution in [3.8, 4) is 0 Å². The summed E-state index contributed by atoms with van der Waals surface area (Å²) in [6.45, 7) is 3.26.